The van der Waals surface area contributed by atoms with Gasteiger partial charge in [-0.2, -0.15) is 0 Å². The number of hydrogen-bond acceptors (Lipinski definition) is 4. The molecule has 0 aromatic rings. The van der Waals surface area contributed by atoms with E-state index in [9.17, 15) is 14.4 Å². The molecule has 276 valence electrons. The molecule has 0 saturated carbocycles. The maximum atomic E-state index is 12.7. The fourth-order valence-electron chi connectivity index (χ4n) is 6.16. The number of esters is 1. The smallest absolute Gasteiger partial charge is 0.322 e. The summed E-state index contributed by atoms with van der Waals surface area (Å²) in [6.07, 6.45) is 41.8. The Morgan fingerprint density at radius 1 is 0.532 bits per heavy atom. The zero-order valence-electron chi connectivity index (χ0n) is 31.1. The number of hydrogen-bond donors (Lipinski definition) is 2. The van der Waals surface area contributed by atoms with E-state index in [4.69, 9.17) is 9.84 Å². The van der Waals surface area contributed by atoms with Crippen LogP contribution in [0.3, 0.4) is 0 Å². The highest BCUT2D eigenvalue weighted by atomic mass is 16.5. The van der Waals surface area contributed by atoms with E-state index in [1.807, 2.05) is 0 Å². The van der Waals surface area contributed by atoms with Gasteiger partial charge in [-0.3, -0.25) is 14.4 Å². The van der Waals surface area contributed by atoms with Gasteiger partial charge < -0.3 is 15.2 Å². The molecule has 1 unspecified atom stereocenters. The molecule has 47 heavy (non-hydrogen) atoms. The third-order valence-electron chi connectivity index (χ3n) is 9.19. The van der Waals surface area contributed by atoms with E-state index in [1.165, 1.54) is 128 Å². The Bertz CT molecular complexity index is 737. The highest BCUT2D eigenvalue weighted by molar-refractivity contribution is 5.80. The first-order valence-electron chi connectivity index (χ1n) is 20.3. The van der Waals surface area contributed by atoms with E-state index in [-0.39, 0.29) is 24.5 Å². The molecule has 0 spiro atoms. The van der Waals surface area contributed by atoms with Crippen LogP contribution in [0.15, 0.2) is 12.2 Å². The summed E-state index contributed by atoms with van der Waals surface area (Å²) in [7, 11) is 0. The van der Waals surface area contributed by atoms with Crippen LogP contribution in [-0.4, -0.2) is 35.6 Å². The number of ether oxygens (including phenoxy) is 1. The number of nitrogens with one attached hydrogen (secondary N) is 1. The van der Waals surface area contributed by atoms with Gasteiger partial charge in [-0.25, -0.2) is 0 Å². The van der Waals surface area contributed by atoms with Crippen molar-refractivity contribution >= 4 is 17.8 Å². The Labute approximate surface area is 291 Å². The summed E-state index contributed by atoms with van der Waals surface area (Å²) >= 11 is 0. The summed E-state index contributed by atoms with van der Waals surface area (Å²) in [6, 6.07) is 0. The second-order valence-electron chi connectivity index (χ2n) is 13.9. The third kappa shape index (κ3) is 36.8. The molecule has 6 nitrogen and oxygen atoms in total. The Morgan fingerprint density at radius 3 is 1.38 bits per heavy atom. The molecule has 0 radical (unpaired) electrons. The molecule has 1 amide bonds. The number of carboxylic acids is 1. The van der Waals surface area contributed by atoms with Gasteiger partial charge in [0.1, 0.15) is 12.6 Å². The van der Waals surface area contributed by atoms with Gasteiger partial charge in [0.05, 0.1) is 0 Å². The summed E-state index contributed by atoms with van der Waals surface area (Å²) in [5.74, 6) is -1.23. The molecule has 0 aliphatic carbocycles. The first-order valence-corrected chi connectivity index (χ1v) is 20.3. The fourth-order valence-corrected chi connectivity index (χ4v) is 6.16. The number of carbonyl (C=O) groups excluding carboxylic acids is 2. The molecule has 0 rings (SSSR count). The second kappa shape index (κ2) is 37.0. The number of allylic oxidation sites excluding steroid dienone is 2. The zero-order chi connectivity index (χ0) is 34.5. The third-order valence-corrected chi connectivity index (χ3v) is 9.19. The lowest BCUT2D eigenvalue weighted by Crippen LogP contribution is -2.28. The lowest BCUT2D eigenvalue weighted by molar-refractivity contribution is -0.150. The molecule has 0 heterocycles. The van der Waals surface area contributed by atoms with Gasteiger partial charge in [-0.15, -0.1) is 0 Å². The van der Waals surface area contributed by atoms with Crippen molar-refractivity contribution in [2.45, 2.75) is 225 Å². The molecule has 0 aromatic heterocycles. The minimum atomic E-state index is -1.01. The summed E-state index contributed by atoms with van der Waals surface area (Å²) in [5.41, 5.74) is 0. The molecule has 0 fully saturated rings. The molecule has 0 bridgehead atoms. The van der Waals surface area contributed by atoms with Gasteiger partial charge in [0.2, 0.25) is 5.91 Å². The van der Waals surface area contributed by atoms with Crippen LogP contribution in [0.25, 0.3) is 0 Å². The van der Waals surface area contributed by atoms with Crippen LogP contribution in [0.2, 0.25) is 0 Å². The first-order chi connectivity index (χ1) is 23.0. The second-order valence-corrected chi connectivity index (χ2v) is 13.9. The Hall–Kier alpha value is -1.85. The average molecular weight is 664 g/mol. The summed E-state index contributed by atoms with van der Waals surface area (Å²) < 4.78 is 6.01. The van der Waals surface area contributed by atoms with Gasteiger partial charge in [0.15, 0.2) is 0 Å². The monoisotopic (exact) mass is 664 g/mol. The highest BCUT2D eigenvalue weighted by Gasteiger charge is 2.14. The molecular formula is C41H77NO5. The molecule has 0 aliphatic rings. The number of carboxylic acid groups (broad SMARTS) is 1. The van der Waals surface area contributed by atoms with Crippen LogP contribution in [-0.2, 0) is 19.1 Å². The van der Waals surface area contributed by atoms with Crippen LogP contribution in [0.4, 0.5) is 0 Å². The number of unbranched alkanes of at least 4 members (excludes halogenated alkanes) is 24. The molecule has 0 saturated heterocycles. The van der Waals surface area contributed by atoms with Crippen molar-refractivity contribution < 1.29 is 24.2 Å². The number of rotatable bonds is 37. The standard InChI is InChI=1S/C41H77NO5/c1-3-5-7-9-11-13-15-17-19-21-23-28-32-36-41(46)47-38(33-29-25-22-20-18-16-14-12-10-8-6-4-2)34-30-26-24-27-31-35-39(43)42-37-40(44)45/h13,15,38H,3-12,14,16-37H2,1-2H3,(H,42,43)(H,44,45)/b15-13-. The van der Waals surface area contributed by atoms with Gasteiger partial charge >= 0.3 is 11.9 Å². The molecular weight excluding hydrogens is 586 g/mol. The van der Waals surface area contributed by atoms with Crippen molar-refractivity contribution in [2.24, 2.45) is 0 Å². The maximum Gasteiger partial charge on any atom is 0.322 e. The summed E-state index contributed by atoms with van der Waals surface area (Å²) in [5, 5.41) is 11.1. The quantitative estimate of drug-likeness (QED) is 0.0392. The van der Waals surface area contributed by atoms with Crippen LogP contribution >= 0.6 is 0 Å². The van der Waals surface area contributed by atoms with Crippen LogP contribution in [0, 0.1) is 0 Å². The van der Waals surface area contributed by atoms with Gasteiger partial charge in [0, 0.05) is 12.8 Å². The van der Waals surface area contributed by atoms with Crippen molar-refractivity contribution in [3.8, 4) is 0 Å². The predicted molar refractivity (Wildman–Crippen MR) is 199 cm³/mol. The van der Waals surface area contributed by atoms with E-state index in [1.54, 1.807) is 0 Å². The van der Waals surface area contributed by atoms with E-state index < -0.39 is 5.97 Å². The van der Waals surface area contributed by atoms with Gasteiger partial charge in [-0.1, -0.05) is 154 Å². The topological polar surface area (TPSA) is 92.7 Å². The van der Waals surface area contributed by atoms with E-state index in [2.05, 4.69) is 31.3 Å². The van der Waals surface area contributed by atoms with Gasteiger partial charge in [-0.05, 0) is 64.2 Å². The molecule has 2 N–H and O–H groups in total. The largest absolute Gasteiger partial charge is 0.480 e. The van der Waals surface area contributed by atoms with E-state index in [0.29, 0.717) is 12.8 Å². The zero-order valence-corrected chi connectivity index (χ0v) is 31.1. The SMILES string of the molecule is CCCCCC/C=C\CCCCCCCC(=O)OC(CCCCCCCCCCCCCC)CCCCCCCC(=O)NCC(=O)O. The van der Waals surface area contributed by atoms with Crippen molar-refractivity contribution in [1.29, 1.82) is 0 Å². The Morgan fingerprint density at radius 2 is 0.915 bits per heavy atom. The number of carbonyl (C=O) groups is 3. The number of amides is 1. The minimum Gasteiger partial charge on any atom is -0.480 e. The lowest BCUT2D eigenvalue weighted by Gasteiger charge is -2.18. The number of aliphatic carboxylic acids is 1. The van der Waals surface area contributed by atoms with E-state index in [0.717, 1.165) is 64.2 Å². The lowest BCUT2D eigenvalue weighted by atomic mass is 10.0. The van der Waals surface area contributed by atoms with Crippen LogP contribution in [0.5, 0.6) is 0 Å². The van der Waals surface area contributed by atoms with Crippen LogP contribution < -0.4 is 5.32 Å². The molecule has 0 aliphatic heterocycles. The van der Waals surface area contributed by atoms with Crippen molar-refractivity contribution in [3.05, 3.63) is 12.2 Å². The molecule has 1 atom stereocenters. The van der Waals surface area contributed by atoms with Crippen molar-refractivity contribution in [2.75, 3.05) is 6.54 Å². The van der Waals surface area contributed by atoms with Crippen LogP contribution in [0.1, 0.15) is 219 Å². The van der Waals surface area contributed by atoms with Gasteiger partial charge in [0.25, 0.3) is 0 Å². The first kappa shape index (κ1) is 45.2. The highest BCUT2D eigenvalue weighted by Crippen LogP contribution is 2.19. The Balaban J connectivity index is 4.17. The van der Waals surface area contributed by atoms with Crippen molar-refractivity contribution in [1.82, 2.24) is 5.32 Å². The summed E-state index contributed by atoms with van der Waals surface area (Å²) in [6.45, 7) is 4.22. The fraction of sp³-hybridized carbons (Fsp3) is 0.878. The normalized spacial score (nSPS) is 12.0. The predicted octanol–water partition coefficient (Wildman–Crippen LogP) is 12.2. The molecule has 6 heteroatoms. The molecule has 0 aromatic carbocycles. The minimum absolute atomic E-state index is 0.0210. The Kier molecular flexibility index (Phi) is 35.5. The maximum absolute atomic E-state index is 12.7. The summed E-state index contributed by atoms with van der Waals surface area (Å²) in [4.78, 5) is 34.9. The van der Waals surface area contributed by atoms with Crippen molar-refractivity contribution in [3.63, 3.8) is 0 Å². The van der Waals surface area contributed by atoms with E-state index >= 15 is 0 Å². The average Bonchev–Trinajstić information content (AvgIpc) is 3.05.